The summed E-state index contributed by atoms with van der Waals surface area (Å²) >= 11 is 0. The Morgan fingerprint density at radius 3 is 1.11 bits per heavy atom. The van der Waals surface area contributed by atoms with Gasteiger partial charge >= 0.3 is 0 Å². The van der Waals surface area contributed by atoms with E-state index in [0.29, 0.717) is 26.3 Å². The first-order valence-electron chi connectivity index (χ1n) is 13.5. The molecule has 0 aromatic heterocycles. The van der Waals surface area contributed by atoms with Crippen LogP contribution in [-0.2, 0) is 0 Å². The second kappa shape index (κ2) is 14.8. The van der Waals surface area contributed by atoms with Gasteiger partial charge in [-0.3, -0.25) is 0 Å². The number of unbranched alkanes of at least 4 members (excludes halogenated alkanes) is 2. The maximum Gasteiger partial charge on any atom is 0.119 e. The van der Waals surface area contributed by atoms with Crippen molar-refractivity contribution in [2.24, 2.45) is 11.5 Å². The number of rotatable bonds is 14. The highest BCUT2D eigenvalue weighted by Gasteiger charge is 2.16. The standard InChI is InChI=1S/C34H38N2O2/c35-23-7-9-25-37-31-19-15-29(16-20-31)33(27-11-3-1-4-12-27)34(28-13-5-2-6-14-28)30-17-21-32(22-18-30)38-26-10-8-24-36/h1-6,11-22H,7-10,23-26,35-36H2/b34-33+. The molecular formula is C34H38N2O2. The molecule has 0 unspecified atom stereocenters. The molecule has 0 aliphatic heterocycles. The van der Waals surface area contributed by atoms with E-state index in [0.717, 1.165) is 59.4 Å². The summed E-state index contributed by atoms with van der Waals surface area (Å²) in [5.41, 5.74) is 18.1. The number of hydrogen-bond donors (Lipinski definition) is 2. The van der Waals surface area contributed by atoms with E-state index in [-0.39, 0.29) is 0 Å². The predicted octanol–water partition coefficient (Wildman–Crippen LogP) is 6.93. The average Bonchev–Trinajstić information content (AvgIpc) is 2.98. The minimum Gasteiger partial charge on any atom is -0.494 e. The molecule has 0 radical (unpaired) electrons. The Morgan fingerprint density at radius 2 is 0.763 bits per heavy atom. The molecule has 0 atom stereocenters. The molecule has 0 amide bonds. The van der Waals surface area contributed by atoms with Crippen molar-refractivity contribution in [3.63, 3.8) is 0 Å². The van der Waals surface area contributed by atoms with Gasteiger partial charge in [0.1, 0.15) is 11.5 Å². The highest BCUT2D eigenvalue weighted by Crippen LogP contribution is 2.37. The van der Waals surface area contributed by atoms with Crippen molar-refractivity contribution >= 4 is 11.1 Å². The van der Waals surface area contributed by atoms with E-state index in [1.807, 2.05) is 0 Å². The summed E-state index contributed by atoms with van der Waals surface area (Å²) in [6.07, 6.45) is 3.85. The van der Waals surface area contributed by atoms with Gasteiger partial charge in [0.25, 0.3) is 0 Å². The molecular weight excluding hydrogens is 468 g/mol. The summed E-state index contributed by atoms with van der Waals surface area (Å²) in [4.78, 5) is 0. The first-order valence-corrected chi connectivity index (χ1v) is 13.5. The van der Waals surface area contributed by atoms with Gasteiger partial charge in [0.2, 0.25) is 0 Å². The van der Waals surface area contributed by atoms with Crippen LogP contribution in [0.15, 0.2) is 109 Å². The van der Waals surface area contributed by atoms with Crippen molar-refractivity contribution in [3.05, 3.63) is 131 Å². The molecule has 0 saturated carbocycles. The van der Waals surface area contributed by atoms with Gasteiger partial charge in [-0.15, -0.1) is 0 Å². The molecule has 4 aromatic rings. The second-order valence-electron chi connectivity index (χ2n) is 9.22. The third-order valence-electron chi connectivity index (χ3n) is 6.40. The number of ether oxygens (including phenoxy) is 2. The zero-order valence-electron chi connectivity index (χ0n) is 22.0. The highest BCUT2D eigenvalue weighted by molar-refractivity contribution is 6.04. The van der Waals surface area contributed by atoms with Crippen molar-refractivity contribution in [2.45, 2.75) is 25.7 Å². The van der Waals surface area contributed by atoms with Gasteiger partial charge in [0.05, 0.1) is 13.2 Å². The summed E-state index contributed by atoms with van der Waals surface area (Å²) in [6.45, 7) is 2.73. The monoisotopic (exact) mass is 506 g/mol. The number of hydrogen-bond acceptors (Lipinski definition) is 4. The van der Waals surface area contributed by atoms with Gasteiger partial charge in [0.15, 0.2) is 0 Å². The highest BCUT2D eigenvalue weighted by atomic mass is 16.5. The lowest BCUT2D eigenvalue weighted by Gasteiger charge is -2.19. The quantitative estimate of drug-likeness (QED) is 0.144. The molecule has 0 spiro atoms. The normalized spacial score (nSPS) is 11.6. The van der Waals surface area contributed by atoms with Crippen molar-refractivity contribution in [2.75, 3.05) is 26.3 Å². The van der Waals surface area contributed by atoms with E-state index >= 15 is 0 Å². The molecule has 0 bridgehead atoms. The molecule has 0 heterocycles. The first-order chi connectivity index (χ1) is 18.8. The molecule has 4 nitrogen and oxygen atoms in total. The average molecular weight is 507 g/mol. The lowest BCUT2D eigenvalue weighted by Crippen LogP contribution is -2.03. The molecule has 4 aromatic carbocycles. The van der Waals surface area contributed by atoms with Crippen LogP contribution in [0.3, 0.4) is 0 Å². The molecule has 4 N–H and O–H groups in total. The zero-order chi connectivity index (χ0) is 26.4. The van der Waals surface area contributed by atoms with Crippen LogP contribution >= 0.6 is 0 Å². The molecule has 0 saturated heterocycles. The van der Waals surface area contributed by atoms with Crippen LogP contribution in [0.5, 0.6) is 11.5 Å². The Kier molecular flexibility index (Phi) is 10.6. The smallest absolute Gasteiger partial charge is 0.119 e. The van der Waals surface area contributed by atoms with Crippen molar-refractivity contribution < 1.29 is 9.47 Å². The fraction of sp³-hybridized carbons (Fsp3) is 0.235. The van der Waals surface area contributed by atoms with E-state index in [1.165, 1.54) is 11.1 Å². The van der Waals surface area contributed by atoms with Gasteiger partial charge in [-0.25, -0.2) is 0 Å². The third-order valence-corrected chi connectivity index (χ3v) is 6.40. The van der Waals surface area contributed by atoms with E-state index in [4.69, 9.17) is 20.9 Å². The molecule has 0 aliphatic carbocycles. The fourth-order valence-electron chi connectivity index (χ4n) is 4.43. The van der Waals surface area contributed by atoms with Crippen LogP contribution in [0.25, 0.3) is 11.1 Å². The van der Waals surface area contributed by atoms with E-state index < -0.39 is 0 Å². The van der Waals surface area contributed by atoms with Gasteiger partial charge in [-0.05, 0) is 96.4 Å². The van der Waals surface area contributed by atoms with Crippen molar-refractivity contribution in [1.29, 1.82) is 0 Å². The summed E-state index contributed by atoms with van der Waals surface area (Å²) in [5.74, 6) is 1.74. The molecule has 4 rings (SSSR count). The molecule has 0 aliphatic rings. The Labute approximate surface area is 226 Å². The second-order valence-corrected chi connectivity index (χ2v) is 9.22. The van der Waals surface area contributed by atoms with Crippen LogP contribution < -0.4 is 20.9 Å². The Hall–Kier alpha value is -3.86. The van der Waals surface area contributed by atoms with Crippen LogP contribution in [-0.4, -0.2) is 26.3 Å². The Bertz CT molecular complexity index is 1150. The molecule has 4 heteroatoms. The molecule has 0 fully saturated rings. The van der Waals surface area contributed by atoms with E-state index in [9.17, 15) is 0 Å². The largest absolute Gasteiger partial charge is 0.494 e. The maximum atomic E-state index is 5.95. The Balaban J connectivity index is 1.75. The van der Waals surface area contributed by atoms with Gasteiger partial charge < -0.3 is 20.9 Å². The number of benzene rings is 4. The van der Waals surface area contributed by atoms with Gasteiger partial charge in [0, 0.05) is 0 Å². The van der Waals surface area contributed by atoms with Crippen LogP contribution in [0.4, 0.5) is 0 Å². The maximum absolute atomic E-state index is 5.95. The Morgan fingerprint density at radius 1 is 0.421 bits per heavy atom. The minimum absolute atomic E-state index is 0.674. The SMILES string of the molecule is NCCCCOc1ccc(/C(=C(\c2ccccc2)c2ccc(OCCCCN)cc2)c2ccccc2)cc1. The van der Waals surface area contributed by atoms with E-state index in [1.54, 1.807) is 0 Å². The zero-order valence-corrected chi connectivity index (χ0v) is 22.0. The lowest BCUT2D eigenvalue weighted by atomic mass is 9.86. The van der Waals surface area contributed by atoms with Crippen LogP contribution in [0.1, 0.15) is 47.9 Å². The summed E-state index contributed by atoms with van der Waals surface area (Å²) in [6, 6.07) is 38.0. The summed E-state index contributed by atoms with van der Waals surface area (Å²) < 4.78 is 11.9. The van der Waals surface area contributed by atoms with E-state index in [2.05, 4.69) is 109 Å². The third kappa shape index (κ3) is 7.58. The van der Waals surface area contributed by atoms with Crippen LogP contribution in [0, 0.1) is 0 Å². The minimum atomic E-state index is 0.674. The topological polar surface area (TPSA) is 70.5 Å². The lowest BCUT2D eigenvalue weighted by molar-refractivity contribution is 0.307. The first kappa shape index (κ1) is 27.2. The molecule has 38 heavy (non-hydrogen) atoms. The predicted molar refractivity (Wildman–Crippen MR) is 158 cm³/mol. The van der Waals surface area contributed by atoms with Crippen molar-refractivity contribution in [3.8, 4) is 11.5 Å². The molecule has 196 valence electrons. The van der Waals surface area contributed by atoms with Gasteiger partial charge in [-0.1, -0.05) is 84.9 Å². The fourth-order valence-corrected chi connectivity index (χ4v) is 4.43. The summed E-state index contributed by atoms with van der Waals surface area (Å²) in [7, 11) is 0. The number of nitrogens with two attached hydrogens (primary N) is 2. The van der Waals surface area contributed by atoms with Gasteiger partial charge in [-0.2, -0.15) is 0 Å². The summed E-state index contributed by atoms with van der Waals surface area (Å²) in [5, 5.41) is 0. The van der Waals surface area contributed by atoms with Crippen LogP contribution in [0.2, 0.25) is 0 Å². The van der Waals surface area contributed by atoms with Crippen molar-refractivity contribution in [1.82, 2.24) is 0 Å².